The molecule has 4 saturated heterocycles. The number of benzene rings is 1. The van der Waals surface area contributed by atoms with Crippen molar-refractivity contribution in [2.75, 3.05) is 64.5 Å². The van der Waals surface area contributed by atoms with Gasteiger partial charge < -0.3 is 34.9 Å². The zero-order valence-electron chi connectivity index (χ0n) is 23.6. The van der Waals surface area contributed by atoms with Gasteiger partial charge >= 0.3 is 0 Å². The summed E-state index contributed by atoms with van der Waals surface area (Å²) in [5.41, 5.74) is -0.485. The third-order valence-corrected chi connectivity index (χ3v) is 9.51. The van der Waals surface area contributed by atoms with E-state index in [2.05, 4.69) is 31.5 Å². The Balaban J connectivity index is 1.34. The standard InChI is InChI=1S/C29H41BrN4O7/c1-2-40-20-8-6-19(7-9-20)32-26(36)22-23-28(38)34(11-4-3-5-15-35)25(29(23)18-21(30)24(22)41-29)27(37)31-10-12-33-13-16-39-17-14-33/h6-9,21-25,35H,2-5,10-18H2,1H3,(H,31,37)(H,32,36)/t21?,22-,23+,24-,25?,29?/m1/s1. The zero-order chi connectivity index (χ0) is 29.0. The molecule has 6 atom stereocenters. The van der Waals surface area contributed by atoms with E-state index in [-0.39, 0.29) is 29.2 Å². The molecular weight excluding hydrogens is 596 g/mol. The summed E-state index contributed by atoms with van der Waals surface area (Å²) in [7, 11) is 0. The van der Waals surface area contributed by atoms with Crippen LogP contribution in [0.2, 0.25) is 0 Å². The summed E-state index contributed by atoms with van der Waals surface area (Å²) < 4.78 is 17.5. The Kier molecular flexibility index (Phi) is 9.85. The fourth-order valence-corrected chi connectivity index (χ4v) is 7.77. The average Bonchev–Trinajstić information content (AvgIpc) is 3.56. The van der Waals surface area contributed by atoms with Gasteiger partial charge in [-0.3, -0.25) is 19.3 Å². The number of rotatable bonds is 13. The first kappa shape index (κ1) is 30.2. The lowest BCUT2D eigenvalue weighted by atomic mass is 9.70. The van der Waals surface area contributed by atoms with Gasteiger partial charge in [-0.15, -0.1) is 0 Å². The summed E-state index contributed by atoms with van der Waals surface area (Å²) in [6.07, 6.45) is 1.95. The van der Waals surface area contributed by atoms with Gasteiger partial charge in [-0.1, -0.05) is 15.9 Å². The van der Waals surface area contributed by atoms with Crippen molar-refractivity contribution >= 4 is 39.3 Å². The van der Waals surface area contributed by atoms with Crippen molar-refractivity contribution < 1.29 is 33.7 Å². The average molecular weight is 638 g/mol. The Morgan fingerprint density at radius 2 is 1.88 bits per heavy atom. The zero-order valence-corrected chi connectivity index (χ0v) is 25.1. The number of morpholine rings is 1. The van der Waals surface area contributed by atoms with Crippen LogP contribution in [0, 0.1) is 11.8 Å². The third-order valence-electron chi connectivity index (χ3n) is 8.66. The van der Waals surface area contributed by atoms with Crippen molar-refractivity contribution in [3.8, 4) is 5.75 Å². The summed E-state index contributed by atoms with van der Waals surface area (Å²) >= 11 is 3.71. The van der Waals surface area contributed by atoms with Crippen LogP contribution < -0.4 is 15.4 Å². The number of likely N-dealkylation sites (tertiary alicyclic amines) is 1. The van der Waals surface area contributed by atoms with E-state index in [9.17, 15) is 19.5 Å². The van der Waals surface area contributed by atoms with Gasteiger partial charge in [-0.05, 0) is 56.9 Å². The number of nitrogens with one attached hydrogen (secondary N) is 2. The van der Waals surface area contributed by atoms with Crippen LogP contribution in [0.1, 0.15) is 32.6 Å². The van der Waals surface area contributed by atoms with E-state index in [1.54, 1.807) is 29.2 Å². The molecule has 41 heavy (non-hydrogen) atoms. The number of amides is 3. The van der Waals surface area contributed by atoms with Crippen LogP contribution in [-0.2, 0) is 23.9 Å². The molecule has 3 N–H and O–H groups in total. The van der Waals surface area contributed by atoms with Gasteiger partial charge in [0.15, 0.2) is 0 Å². The van der Waals surface area contributed by atoms with Gasteiger partial charge in [0.2, 0.25) is 17.7 Å². The van der Waals surface area contributed by atoms with Crippen molar-refractivity contribution in [3.05, 3.63) is 24.3 Å². The largest absolute Gasteiger partial charge is 0.494 e. The van der Waals surface area contributed by atoms with Gasteiger partial charge in [0.1, 0.15) is 17.4 Å². The van der Waals surface area contributed by atoms with Crippen LogP contribution in [0.25, 0.3) is 0 Å². The molecule has 5 rings (SSSR count). The van der Waals surface area contributed by atoms with E-state index in [0.717, 1.165) is 19.5 Å². The Morgan fingerprint density at radius 3 is 2.59 bits per heavy atom. The Labute approximate surface area is 249 Å². The first-order valence-electron chi connectivity index (χ1n) is 14.7. The first-order valence-corrected chi connectivity index (χ1v) is 15.7. The molecule has 11 nitrogen and oxygen atoms in total. The number of nitrogens with zero attached hydrogens (tertiary/aromatic N) is 2. The molecule has 0 aromatic heterocycles. The highest BCUT2D eigenvalue weighted by molar-refractivity contribution is 9.09. The van der Waals surface area contributed by atoms with Crippen molar-refractivity contribution in [1.82, 2.24) is 15.1 Å². The maximum Gasteiger partial charge on any atom is 0.245 e. The molecule has 12 heteroatoms. The lowest BCUT2D eigenvalue weighted by Crippen LogP contribution is -2.56. The summed E-state index contributed by atoms with van der Waals surface area (Å²) in [4.78, 5) is 45.3. The van der Waals surface area contributed by atoms with Gasteiger partial charge in [-0.25, -0.2) is 0 Å². The van der Waals surface area contributed by atoms with E-state index in [4.69, 9.17) is 14.2 Å². The van der Waals surface area contributed by atoms with Gasteiger partial charge in [0.05, 0.1) is 37.8 Å². The molecular formula is C29H41BrN4O7. The predicted molar refractivity (Wildman–Crippen MR) is 155 cm³/mol. The Morgan fingerprint density at radius 1 is 1.12 bits per heavy atom. The summed E-state index contributed by atoms with van der Waals surface area (Å²) in [5.74, 6) is -1.54. The predicted octanol–water partition coefficient (Wildman–Crippen LogP) is 1.38. The van der Waals surface area contributed by atoms with Gasteiger partial charge in [-0.2, -0.15) is 0 Å². The minimum absolute atomic E-state index is 0.0792. The molecule has 4 aliphatic heterocycles. The number of ether oxygens (including phenoxy) is 3. The second kappa shape index (κ2) is 13.4. The Hall–Kier alpha value is -2.25. The number of fused-ring (bicyclic) bond motifs is 1. The van der Waals surface area contributed by atoms with E-state index in [1.807, 2.05) is 6.92 Å². The summed E-state index contributed by atoms with van der Waals surface area (Å²) in [6, 6.07) is 6.29. The molecule has 226 valence electrons. The fourth-order valence-electron chi connectivity index (χ4n) is 6.83. The number of hydrogen-bond donors (Lipinski definition) is 3. The molecule has 1 aromatic rings. The number of carbonyl (C=O) groups excluding carboxylic acids is 3. The van der Waals surface area contributed by atoms with Crippen LogP contribution in [0.3, 0.4) is 0 Å². The van der Waals surface area contributed by atoms with Gasteiger partial charge in [0.25, 0.3) is 0 Å². The number of alkyl halides is 1. The molecule has 0 saturated carbocycles. The lowest BCUT2D eigenvalue weighted by Gasteiger charge is -2.34. The molecule has 0 aliphatic carbocycles. The van der Waals surface area contributed by atoms with Gasteiger partial charge in [0, 0.05) is 49.8 Å². The van der Waals surface area contributed by atoms with Crippen LogP contribution in [-0.4, -0.2) is 114 Å². The number of hydrogen-bond acceptors (Lipinski definition) is 8. The lowest BCUT2D eigenvalue weighted by molar-refractivity contribution is -0.141. The second-order valence-electron chi connectivity index (χ2n) is 11.2. The number of aliphatic hydroxyl groups excluding tert-OH is 1. The molecule has 3 unspecified atom stereocenters. The molecule has 1 spiro atoms. The monoisotopic (exact) mass is 636 g/mol. The first-order chi connectivity index (χ1) is 19.9. The number of aliphatic hydroxyl groups is 1. The van der Waals surface area contributed by atoms with Crippen molar-refractivity contribution in [2.24, 2.45) is 11.8 Å². The van der Waals surface area contributed by atoms with E-state index < -0.39 is 29.6 Å². The highest BCUT2D eigenvalue weighted by atomic mass is 79.9. The fraction of sp³-hybridized carbons (Fsp3) is 0.690. The Bertz CT molecular complexity index is 1090. The molecule has 4 heterocycles. The molecule has 2 bridgehead atoms. The summed E-state index contributed by atoms with van der Waals surface area (Å²) in [5, 5.41) is 15.3. The number of halogens is 1. The SMILES string of the molecule is CCOc1ccc(NC(=O)[C@H]2[C@@H]3OC4(CC3Br)C(C(=O)NCCN3CCOCC3)N(CCCCCO)C(=O)[C@H]24)cc1. The topological polar surface area (TPSA) is 130 Å². The third kappa shape index (κ3) is 6.13. The molecule has 0 radical (unpaired) electrons. The molecule has 3 amide bonds. The van der Waals surface area contributed by atoms with E-state index >= 15 is 0 Å². The van der Waals surface area contributed by atoms with Crippen LogP contribution in [0.15, 0.2) is 24.3 Å². The minimum atomic E-state index is -1.09. The van der Waals surface area contributed by atoms with Crippen molar-refractivity contribution in [2.45, 2.75) is 55.2 Å². The maximum absolute atomic E-state index is 14.0. The number of anilines is 1. The molecule has 1 aromatic carbocycles. The highest BCUT2D eigenvalue weighted by Gasteiger charge is 2.76. The second-order valence-corrected chi connectivity index (χ2v) is 12.3. The quantitative estimate of drug-likeness (QED) is 0.219. The van der Waals surface area contributed by atoms with E-state index in [1.165, 1.54) is 0 Å². The highest BCUT2D eigenvalue weighted by Crippen LogP contribution is 2.60. The van der Waals surface area contributed by atoms with Crippen LogP contribution >= 0.6 is 15.9 Å². The smallest absolute Gasteiger partial charge is 0.245 e. The molecule has 4 aliphatic rings. The minimum Gasteiger partial charge on any atom is -0.494 e. The van der Waals surface area contributed by atoms with E-state index in [0.29, 0.717) is 70.2 Å². The van der Waals surface area contributed by atoms with Crippen LogP contribution in [0.5, 0.6) is 5.75 Å². The van der Waals surface area contributed by atoms with Crippen molar-refractivity contribution in [3.63, 3.8) is 0 Å². The van der Waals surface area contributed by atoms with Crippen LogP contribution in [0.4, 0.5) is 5.69 Å². The number of carbonyl (C=O) groups is 3. The van der Waals surface area contributed by atoms with Crippen molar-refractivity contribution in [1.29, 1.82) is 0 Å². The number of unbranched alkanes of at least 4 members (excludes halogenated alkanes) is 2. The maximum atomic E-state index is 14.0. The summed E-state index contributed by atoms with van der Waals surface area (Å²) in [6.45, 7) is 7.05. The molecule has 4 fully saturated rings. The normalized spacial score (nSPS) is 30.9.